The number of fused-ring (bicyclic) bond motifs is 3. The number of benzene rings is 1. The quantitative estimate of drug-likeness (QED) is 0.754. The highest BCUT2D eigenvalue weighted by Gasteiger charge is 2.24. The number of carbonyl (C=O) groups excluding carboxylic acids is 1. The highest BCUT2D eigenvalue weighted by molar-refractivity contribution is 7.18. The lowest BCUT2D eigenvalue weighted by atomic mass is 9.89. The molecule has 1 amide bonds. The molecule has 1 N–H and O–H groups in total. The van der Waals surface area contributed by atoms with Gasteiger partial charge in [-0.15, -0.1) is 16.4 Å². The first-order chi connectivity index (χ1) is 12.9. The van der Waals surface area contributed by atoms with Gasteiger partial charge in [0.25, 0.3) is 5.56 Å². The molecule has 0 aliphatic heterocycles. The minimum absolute atomic E-state index is 0.143. The third kappa shape index (κ3) is 3.39. The second-order valence-corrected chi connectivity index (χ2v) is 8.53. The van der Waals surface area contributed by atoms with Crippen LogP contribution in [0.2, 0.25) is 0 Å². The van der Waals surface area contributed by atoms with Gasteiger partial charge in [-0.25, -0.2) is 4.68 Å². The van der Waals surface area contributed by atoms with E-state index < -0.39 is 0 Å². The van der Waals surface area contributed by atoms with Gasteiger partial charge in [0, 0.05) is 10.6 Å². The summed E-state index contributed by atoms with van der Waals surface area (Å²) >= 11 is 1.56. The van der Waals surface area contributed by atoms with Gasteiger partial charge in [0.1, 0.15) is 6.54 Å². The average molecular weight is 382 g/mol. The SMILES string of the molecule is Cc1ccc(C)c(NC(=O)Cn2nnc3sc4c(c3c2=O)CC[C@H](C)C4)c1. The van der Waals surface area contributed by atoms with Crippen molar-refractivity contribution in [3.63, 3.8) is 0 Å². The molecule has 0 unspecified atom stereocenters. The average Bonchev–Trinajstić information content (AvgIpc) is 2.98. The van der Waals surface area contributed by atoms with E-state index >= 15 is 0 Å². The van der Waals surface area contributed by atoms with Crippen LogP contribution >= 0.6 is 11.3 Å². The molecule has 0 spiro atoms. The number of amides is 1. The van der Waals surface area contributed by atoms with Gasteiger partial charge in [-0.05, 0) is 61.8 Å². The van der Waals surface area contributed by atoms with E-state index in [2.05, 4.69) is 22.6 Å². The summed E-state index contributed by atoms with van der Waals surface area (Å²) in [6, 6.07) is 5.87. The molecule has 2 aromatic heterocycles. The van der Waals surface area contributed by atoms with Gasteiger partial charge in [-0.1, -0.05) is 24.3 Å². The Bertz CT molecular complexity index is 1100. The zero-order valence-electron chi connectivity index (χ0n) is 15.7. The molecule has 1 aliphatic rings. The van der Waals surface area contributed by atoms with Crippen molar-refractivity contribution in [3.05, 3.63) is 50.1 Å². The molecule has 1 aliphatic carbocycles. The molecular weight excluding hydrogens is 360 g/mol. The highest BCUT2D eigenvalue weighted by Crippen LogP contribution is 2.35. The fraction of sp³-hybridized carbons (Fsp3) is 0.400. The lowest BCUT2D eigenvalue weighted by molar-refractivity contribution is -0.117. The Morgan fingerprint density at radius 1 is 1.37 bits per heavy atom. The molecule has 6 nitrogen and oxygen atoms in total. The minimum Gasteiger partial charge on any atom is -0.324 e. The maximum atomic E-state index is 12.9. The van der Waals surface area contributed by atoms with Gasteiger partial charge >= 0.3 is 0 Å². The van der Waals surface area contributed by atoms with Crippen molar-refractivity contribution < 1.29 is 4.79 Å². The molecule has 4 rings (SSSR count). The number of aromatic nitrogens is 3. The van der Waals surface area contributed by atoms with E-state index in [9.17, 15) is 9.59 Å². The number of carbonyl (C=O) groups is 1. The Hall–Kier alpha value is -2.54. The molecule has 1 aromatic carbocycles. The van der Waals surface area contributed by atoms with Crippen molar-refractivity contribution in [2.75, 3.05) is 5.32 Å². The summed E-state index contributed by atoms with van der Waals surface area (Å²) in [5.41, 5.74) is 3.68. The second-order valence-electron chi connectivity index (χ2n) is 7.45. The van der Waals surface area contributed by atoms with Crippen LogP contribution in [0.15, 0.2) is 23.0 Å². The van der Waals surface area contributed by atoms with Crippen LogP contribution in [0, 0.1) is 19.8 Å². The molecule has 0 radical (unpaired) electrons. The van der Waals surface area contributed by atoms with E-state index in [1.165, 1.54) is 9.56 Å². The summed E-state index contributed by atoms with van der Waals surface area (Å²) in [6.07, 6.45) is 2.96. The fourth-order valence-electron chi connectivity index (χ4n) is 3.59. The Balaban J connectivity index is 1.62. The molecule has 2 heterocycles. The lowest BCUT2D eigenvalue weighted by Crippen LogP contribution is -2.30. The van der Waals surface area contributed by atoms with Crippen LogP contribution in [-0.4, -0.2) is 20.9 Å². The van der Waals surface area contributed by atoms with Gasteiger partial charge in [0.15, 0.2) is 4.83 Å². The molecule has 7 heteroatoms. The van der Waals surface area contributed by atoms with Crippen molar-refractivity contribution in [1.29, 1.82) is 0 Å². The smallest absolute Gasteiger partial charge is 0.279 e. The summed E-state index contributed by atoms with van der Waals surface area (Å²) in [6.45, 7) is 6.00. The third-order valence-corrected chi connectivity index (χ3v) is 6.28. The van der Waals surface area contributed by atoms with Crippen LogP contribution in [0.5, 0.6) is 0 Å². The summed E-state index contributed by atoms with van der Waals surface area (Å²) in [5, 5.41) is 11.7. The molecular formula is C20H22N4O2S. The van der Waals surface area contributed by atoms with Gasteiger partial charge in [-0.2, -0.15) is 0 Å². The summed E-state index contributed by atoms with van der Waals surface area (Å²) in [4.78, 5) is 27.3. The normalized spacial score (nSPS) is 16.3. The molecule has 27 heavy (non-hydrogen) atoms. The monoisotopic (exact) mass is 382 g/mol. The Morgan fingerprint density at radius 3 is 3.00 bits per heavy atom. The number of aryl methyl sites for hydroxylation is 3. The van der Waals surface area contributed by atoms with Gasteiger partial charge in [0.2, 0.25) is 5.91 Å². The van der Waals surface area contributed by atoms with Crippen molar-refractivity contribution in [3.8, 4) is 0 Å². The van der Waals surface area contributed by atoms with E-state index in [0.29, 0.717) is 16.1 Å². The number of thiophene rings is 1. The molecule has 1 atom stereocenters. The second kappa shape index (κ2) is 6.88. The van der Waals surface area contributed by atoms with Gasteiger partial charge in [0.05, 0.1) is 5.39 Å². The van der Waals surface area contributed by atoms with Crippen LogP contribution in [0.25, 0.3) is 10.2 Å². The van der Waals surface area contributed by atoms with Gasteiger partial charge < -0.3 is 5.32 Å². The first-order valence-corrected chi connectivity index (χ1v) is 9.99. The highest BCUT2D eigenvalue weighted by atomic mass is 32.1. The lowest BCUT2D eigenvalue weighted by Gasteiger charge is -2.17. The van der Waals surface area contributed by atoms with Crippen LogP contribution in [0.4, 0.5) is 5.69 Å². The van der Waals surface area contributed by atoms with E-state index in [4.69, 9.17) is 0 Å². The summed E-state index contributed by atoms with van der Waals surface area (Å²) in [7, 11) is 0. The molecule has 0 bridgehead atoms. The zero-order chi connectivity index (χ0) is 19.1. The van der Waals surface area contributed by atoms with Crippen molar-refractivity contribution in [1.82, 2.24) is 15.0 Å². The Kier molecular flexibility index (Phi) is 4.55. The predicted octanol–water partition coefficient (Wildman–Crippen LogP) is 3.23. The predicted molar refractivity (Wildman–Crippen MR) is 107 cm³/mol. The largest absolute Gasteiger partial charge is 0.324 e. The molecule has 0 saturated heterocycles. The van der Waals surface area contributed by atoms with E-state index in [1.807, 2.05) is 32.0 Å². The van der Waals surface area contributed by atoms with Crippen molar-refractivity contribution in [2.24, 2.45) is 5.92 Å². The summed E-state index contributed by atoms with van der Waals surface area (Å²) < 4.78 is 1.17. The number of anilines is 1. The Labute approximate surface area is 161 Å². The standard InChI is InChI=1S/C20H22N4O2S/c1-11-4-6-13(3)15(8-11)21-17(25)10-24-20(26)18-14-7-5-12(2)9-16(14)27-19(18)22-23-24/h4,6,8,12H,5,7,9-10H2,1-3H3,(H,21,25)/t12-/m0/s1. The summed E-state index contributed by atoms with van der Waals surface area (Å²) in [5.74, 6) is 0.348. The number of hydrogen-bond donors (Lipinski definition) is 1. The van der Waals surface area contributed by atoms with Crippen LogP contribution in [0.3, 0.4) is 0 Å². The number of nitrogens with one attached hydrogen (secondary N) is 1. The maximum absolute atomic E-state index is 12.9. The van der Waals surface area contributed by atoms with Crippen molar-refractivity contribution in [2.45, 2.75) is 46.6 Å². The molecule has 0 fully saturated rings. The topological polar surface area (TPSA) is 76.9 Å². The zero-order valence-corrected chi connectivity index (χ0v) is 16.5. The first-order valence-electron chi connectivity index (χ1n) is 9.17. The van der Waals surface area contributed by atoms with Crippen LogP contribution in [-0.2, 0) is 24.2 Å². The van der Waals surface area contributed by atoms with E-state index in [1.54, 1.807) is 11.3 Å². The van der Waals surface area contributed by atoms with E-state index in [0.717, 1.165) is 41.6 Å². The van der Waals surface area contributed by atoms with Crippen LogP contribution < -0.4 is 10.9 Å². The molecule has 140 valence electrons. The van der Waals surface area contributed by atoms with Gasteiger partial charge in [-0.3, -0.25) is 9.59 Å². The third-order valence-electron chi connectivity index (χ3n) is 5.15. The van der Waals surface area contributed by atoms with Crippen molar-refractivity contribution >= 4 is 33.1 Å². The number of hydrogen-bond acceptors (Lipinski definition) is 5. The Morgan fingerprint density at radius 2 is 2.19 bits per heavy atom. The molecule has 3 aromatic rings. The van der Waals surface area contributed by atoms with Crippen LogP contribution in [0.1, 0.15) is 34.9 Å². The van der Waals surface area contributed by atoms with E-state index in [-0.39, 0.29) is 18.0 Å². The molecule has 0 saturated carbocycles. The fourth-order valence-corrected chi connectivity index (χ4v) is 4.91. The maximum Gasteiger partial charge on any atom is 0.279 e. The number of rotatable bonds is 3. The first kappa shape index (κ1) is 17.9. The minimum atomic E-state index is -0.280. The number of nitrogens with zero attached hydrogens (tertiary/aromatic N) is 3.